The Morgan fingerprint density at radius 3 is 2.89 bits per heavy atom. The molecule has 1 aliphatic rings. The van der Waals surface area contributed by atoms with Gasteiger partial charge in [0.1, 0.15) is 4.34 Å². The molecule has 2 rings (SSSR count). The number of likely N-dealkylation sites (tertiary alicyclic amines) is 1. The third-order valence-electron chi connectivity index (χ3n) is 3.32. The van der Waals surface area contributed by atoms with Gasteiger partial charge in [0.05, 0.1) is 22.5 Å². The molecule has 1 fully saturated rings. The lowest BCUT2D eigenvalue weighted by Gasteiger charge is -2.16. The van der Waals surface area contributed by atoms with Gasteiger partial charge in [-0.15, -0.1) is 11.3 Å². The van der Waals surface area contributed by atoms with E-state index in [1.165, 1.54) is 11.3 Å². The zero-order valence-corrected chi connectivity index (χ0v) is 12.4. The summed E-state index contributed by atoms with van der Waals surface area (Å²) in [5.41, 5.74) is 0.507. The molecular weight excluding hydrogens is 293 g/mol. The quantitative estimate of drug-likeness (QED) is 0.870. The van der Waals surface area contributed by atoms with Crippen molar-refractivity contribution < 1.29 is 9.90 Å². The van der Waals surface area contributed by atoms with Gasteiger partial charge in [0.15, 0.2) is 5.78 Å². The first kappa shape index (κ1) is 14.3. The van der Waals surface area contributed by atoms with Gasteiger partial charge in [0.25, 0.3) is 0 Å². The predicted molar refractivity (Wildman–Crippen MR) is 74.9 cm³/mol. The molecule has 0 spiro atoms. The minimum absolute atomic E-state index is 0.00519. The van der Waals surface area contributed by atoms with Crippen molar-refractivity contribution in [3.05, 3.63) is 20.3 Å². The second kappa shape index (κ2) is 5.88. The van der Waals surface area contributed by atoms with E-state index >= 15 is 0 Å². The lowest BCUT2D eigenvalue weighted by Crippen LogP contribution is -2.29. The number of carbonyl (C=O) groups excluding carboxylic acids is 1. The van der Waals surface area contributed by atoms with Gasteiger partial charge in [0, 0.05) is 6.54 Å². The van der Waals surface area contributed by atoms with Crippen LogP contribution in [0.2, 0.25) is 8.67 Å². The number of Topliss-reactive ketones (excluding diaryl/α,β-unsaturated/α-hetero) is 1. The van der Waals surface area contributed by atoms with E-state index in [0.717, 1.165) is 19.5 Å². The van der Waals surface area contributed by atoms with Gasteiger partial charge < -0.3 is 5.11 Å². The molecule has 2 atom stereocenters. The van der Waals surface area contributed by atoms with Gasteiger partial charge >= 0.3 is 0 Å². The smallest absolute Gasteiger partial charge is 0.179 e. The fourth-order valence-corrected chi connectivity index (χ4v) is 3.72. The molecule has 2 heterocycles. The Kier molecular flexibility index (Phi) is 4.67. The largest absolute Gasteiger partial charge is 0.393 e. The number of rotatable bonds is 4. The van der Waals surface area contributed by atoms with Crippen LogP contribution in [0.5, 0.6) is 0 Å². The Morgan fingerprint density at radius 1 is 1.67 bits per heavy atom. The molecule has 1 aromatic rings. The molecule has 0 saturated carbocycles. The van der Waals surface area contributed by atoms with E-state index in [2.05, 4.69) is 4.90 Å². The molecule has 3 nitrogen and oxygen atoms in total. The molecule has 18 heavy (non-hydrogen) atoms. The lowest BCUT2D eigenvalue weighted by molar-refractivity contribution is 0.0926. The third kappa shape index (κ3) is 3.25. The van der Waals surface area contributed by atoms with Gasteiger partial charge in [-0.3, -0.25) is 9.69 Å². The maximum absolute atomic E-state index is 12.1. The number of thiophene rings is 1. The number of carbonyl (C=O) groups is 1. The predicted octanol–water partition coefficient (Wildman–Crippen LogP) is 2.94. The van der Waals surface area contributed by atoms with Crippen LogP contribution in [0.3, 0.4) is 0 Å². The molecule has 100 valence electrons. The SMILES string of the molecule is CC(O)C1CCN(CC(=O)c2cc(Cl)sc2Cl)C1. The van der Waals surface area contributed by atoms with Crippen molar-refractivity contribution in [3.8, 4) is 0 Å². The van der Waals surface area contributed by atoms with Crippen molar-refractivity contribution in [1.82, 2.24) is 4.90 Å². The van der Waals surface area contributed by atoms with Crippen LogP contribution in [0.4, 0.5) is 0 Å². The highest BCUT2D eigenvalue weighted by atomic mass is 35.5. The van der Waals surface area contributed by atoms with E-state index in [4.69, 9.17) is 23.2 Å². The molecule has 2 unspecified atom stereocenters. The number of nitrogens with zero attached hydrogens (tertiary/aromatic N) is 1. The Bertz CT molecular complexity index is 447. The van der Waals surface area contributed by atoms with E-state index < -0.39 is 0 Å². The minimum atomic E-state index is -0.315. The van der Waals surface area contributed by atoms with Crippen molar-refractivity contribution in [2.45, 2.75) is 19.4 Å². The van der Waals surface area contributed by atoms with Gasteiger partial charge in [-0.1, -0.05) is 23.2 Å². The van der Waals surface area contributed by atoms with Crippen molar-refractivity contribution in [3.63, 3.8) is 0 Å². The maximum atomic E-state index is 12.1. The highest BCUT2D eigenvalue weighted by Gasteiger charge is 2.28. The van der Waals surface area contributed by atoms with Gasteiger partial charge in [-0.25, -0.2) is 0 Å². The Morgan fingerprint density at radius 2 is 2.39 bits per heavy atom. The van der Waals surface area contributed by atoms with Crippen LogP contribution in [0.1, 0.15) is 23.7 Å². The minimum Gasteiger partial charge on any atom is -0.393 e. The normalized spacial score (nSPS) is 22.3. The van der Waals surface area contributed by atoms with Gasteiger partial charge in [0.2, 0.25) is 0 Å². The first-order chi connectivity index (χ1) is 8.47. The highest BCUT2D eigenvalue weighted by Crippen LogP contribution is 2.31. The molecule has 0 aromatic carbocycles. The van der Waals surface area contributed by atoms with E-state index in [0.29, 0.717) is 20.8 Å². The fraction of sp³-hybridized carbons (Fsp3) is 0.583. The van der Waals surface area contributed by atoms with Crippen molar-refractivity contribution in [2.75, 3.05) is 19.6 Å². The zero-order chi connectivity index (χ0) is 13.3. The number of hydrogen-bond donors (Lipinski definition) is 1. The summed E-state index contributed by atoms with van der Waals surface area (Å²) in [5, 5.41) is 9.52. The second-order valence-corrected chi connectivity index (χ2v) is 6.97. The van der Waals surface area contributed by atoms with Crippen LogP contribution in [0.15, 0.2) is 6.07 Å². The second-order valence-electron chi connectivity index (χ2n) is 4.69. The summed E-state index contributed by atoms with van der Waals surface area (Å²) in [5.74, 6) is 0.258. The van der Waals surface area contributed by atoms with E-state index in [-0.39, 0.29) is 17.8 Å². The first-order valence-corrected chi connectivity index (χ1v) is 7.43. The number of aliphatic hydroxyl groups is 1. The Labute approximate surface area is 120 Å². The van der Waals surface area contributed by atoms with Crippen LogP contribution < -0.4 is 0 Å². The maximum Gasteiger partial charge on any atom is 0.179 e. The molecule has 6 heteroatoms. The standard InChI is InChI=1S/C12H15Cl2NO2S/c1-7(16)8-2-3-15(5-8)6-10(17)9-4-11(13)18-12(9)14/h4,7-8,16H,2-3,5-6H2,1H3. The van der Waals surface area contributed by atoms with Crippen LogP contribution in [0.25, 0.3) is 0 Å². The Balaban J connectivity index is 1.95. The molecule has 0 bridgehead atoms. The first-order valence-electron chi connectivity index (χ1n) is 5.86. The van der Waals surface area contributed by atoms with Crippen LogP contribution >= 0.6 is 34.5 Å². The van der Waals surface area contributed by atoms with Crippen LogP contribution in [-0.4, -0.2) is 41.5 Å². The average molecular weight is 308 g/mol. The summed E-state index contributed by atoms with van der Waals surface area (Å²) in [6, 6.07) is 1.62. The number of hydrogen-bond acceptors (Lipinski definition) is 4. The molecule has 0 aliphatic carbocycles. The molecule has 1 saturated heterocycles. The van der Waals surface area contributed by atoms with Crippen LogP contribution in [0, 0.1) is 5.92 Å². The highest BCUT2D eigenvalue weighted by molar-refractivity contribution is 7.20. The number of aliphatic hydroxyl groups excluding tert-OH is 1. The summed E-state index contributed by atoms with van der Waals surface area (Å²) in [6.07, 6.45) is 0.618. The number of halogens is 2. The average Bonchev–Trinajstić information content (AvgIpc) is 2.85. The fourth-order valence-electron chi connectivity index (χ4n) is 2.22. The van der Waals surface area contributed by atoms with E-state index in [9.17, 15) is 9.90 Å². The van der Waals surface area contributed by atoms with Crippen molar-refractivity contribution >= 4 is 40.3 Å². The van der Waals surface area contributed by atoms with Crippen LogP contribution in [-0.2, 0) is 0 Å². The monoisotopic (exact) mass is 307 g/mol. The zero-order valence-electron chi connectivity index (χ0n) is 10.0. The van der Waals surface area contributed by atoms with Crippen molar-refractivity contribution in [2.24, 2.45) is 5.92 Å². The lowest BCUT2D eigenvalue weighted by atomic mass is 10.0. The molecule has 0 radical (unpaired) electrons. The van der Waals surface area contributed by atoms with E-state index in [1.54, 1.807) is 13.0 Å². The number of ketones is 1. The molecular formula is C12H15Cl2NO2S. The molecule has 1 N–H and O–H groups in total. The Hall–Kier alpha value is -0.130. The van der Waals surface area contributed by atoms with Gasteiger partial charge in [-0.05, 0) is 31.9 Å². The topological polar surface area (TPSA) is 40.5 Å². The molecule has 1 aliphatic heterocycles. The van der Waals surface area contributed by atoms with E-state index in [1.807, 2.05) is 0 Å². The summed E-state index contributed by atoms with van der Waals surface area (Å²) >= 11 is 13.0. The third-order valence-corrected chi connectivity index (χ3v) is 4.80. The molecule has 1 aromatic heterocycles. The summed E-state index contributed by atoms with van der Waals surface area (Å²) in [7, 11) is 0. The summed E-state index contributed by atoms with van der Waals surface area (Å²) < 4.78 is 0.989. The summed E-state index contributed by atoms with van der Waals surface area (Å²) in [4.78, 5) is 14.1. The summed E-state index contributed by atoms with van der Waals surface area (Å²) in [6.45, 7) is 3.75. The van der Waals surface area contributed by atoms with Gasteiger partial charge in [-0.2, -0.15) is 0 Å². The van der Waals surface area contributed by atoms with Crippen molar-refractivity contribution in [1.29, 1.82) is 0 Å². The molecule has 0 amide bonds.